The number of benzene rings is 2. The summed E-state index contributed by atoms with van der Waals surface area (Å²) in [7, 11) is 1.98. The lowest BCUT2D eigenvalue weighted by Crippen LogP contribution is -1.92. The summed E-state index contributed by atoms with van der Waals surface area (Å²) in [6, 6.07) is 15.7. The van der Waals surface area contributed by atoms with Crippen molar-refractivity contribution in [3.63, 3.8) is 0 Å². The highest BCUT2D eigenvalue weighted by Gasteiger charge is 2.10. The van der Waals surface area contributed by atoms with Crippen molar-refractivity contribution in [3.8, 4) is 17.5 Å². The molecule has 1 aromatic heterocycles. The van der Waals surface area contributed by atoms with E-state index in [1.54, 1.807) is 0 Å². The highest BCUT2D eigenvalue weighted by Crippen LogP contribution is 2.25. The zero-order chi connectivity index (χ0) is 13.4. The molecule has 0 aliphatic rings. The van der Waals surface area contributed by atoms with Gasteiger partial charge in [0.2, 0.25) is 0 Å². The van der Waals surface area contributed by atoms with Crippen LogP contribution in [-0.2, 0) is 7.05 Å². The molecule has 0 aliphatic carbocycles. The van der Waals surface area contributed by atoms with Gasteiger partial charge in [-0.05, 0) is 30.3 Å². The maximum absolute atomic E-state index is 8.93. The molecular weight excluding hydrogens is 302 g/mol. The van der Waals surface area contributed by atoms with Crippen LogP contribution < -0.4 is 0 Å². The molecule has 0 radical (unpaired) electrons. The summed E-state index contributed by atoms with van der Waals surface area (Å²) in [5.74, 6) is 0.901. The molecule has 0 fully saturated rings. The van der Waals surface area contributed by atoms with Crippen LogP contribution >= 0.6 is 15.9 Å². The van der Waals surface area contributed by atoms with Gasteiger partial charge in [-0.15, -0.1) is 0 Å². The summed E-state index contributed by atoms with van der Waals surface area (Å²) in [5.41, 5.74) is 3.56. The molecule has 92 valence electrons. The van der Waals surface area contributed by atoms with E-state index in [2.05, 4.69) is 27.0 Å². The van der Waals surface area contributed by atoms with Gasteiger partial charge >= 0.3 is 0 Å². The normalized spacial score (nSPS) is 10.6. The van der Waals surface area contributed by atoms with E-state index in [0.717, 1.165) is 26.9 Å². The number of nitriles is 1. The Hall–Kier alpha value is -2.12. The molecule has 0 amide bonds. The van der Waals surface area contributed by atoms with Crippen LogP contribution in [0.15, 0.2) is 46.9 Å². The molecule has 0 aliphatic heterocycles. The van der Waals surface area contributed by atoms with Gasteiger partial charge in [-0.3, -0.25) is 0 Å². The average Bonchev–Trinajstić information content (AvgIpc) is 2.76. The van der Waals surface area contributed by atoms with Crippen LogP contribution in [0.5, 0.6) is 0 Å². The van der Waals surface area contributed by atoms with Crippen LogP contribution in [0, 0.1) is 11.3 Å². The molecule has 0 unspecified atom stereocenters. The number of aromatic nitrogens is 2. The summed E-state index contributed by atoms with van der Waals surface area (Å²) in [5, 5.41) is 8.93. The molecule has 2 aromatic carbocycles. The number of aryl methyl sites for hydroxylation is 1. The predicted octanol–water partition coefficient (Wildman–Crippen LogP) is 3.87. The van der Waals surface area contributed by atoms with E-state index in [9.17, 15) is 0 Å². The molecule has 19 heavy (non-hydrogen) atoms. The topological polar surface area (TPSA) is 41.6 Å². The fourth-order valence-corrected chi connectivity index (χ4v) is 2.39. The summed E-state index contributed by atoms with van der Waals surface area (Å²) in [6.45, 7) is 0. The number of halogens is 1. The SMILES string of the molecule is Cn1c(-c2ccc(Br)cc2)nc2cc(C#N)ccc21. The van der Waals surface area contributed by atoms with Gasteiger partial charge in [-0.1, -0.05) is 28.1 Å². The summed E-state index contributed by atoms with van der Waals surface area (Å²) in [6.07, 6.45) is 0. The Labute approximate surface area is 119 Å². The largest absolute Gasteiger partial charge is 0.327 e. The Morgan fingerprint density at radius 2 is 1.89 bits per heavy atom. The smallest absolute Gasteiger partial charge is 0.140 e. The number of nitrogens with zero attached hydrogens (tertiary/aromatic N) is 3. The Bertz CT molecular complexity index is 795. The average molecular weight is 312 g/mol. The first-order chi connectivity index (χ1) is 9.19. The quantitative estimate of drug-likeness (QED) is 0.684. The molecule has 0 spiro atoms. The van der Waals surface area contributed by atoms with Crippen molar-refractivity contribution >= 4 is 27.0 Å². The molecule has 3 nitrogen and oxygen atoms in total. The Morgan fingerprint density at radius 1 is 1.16 bits per heavy atom. The molecule has 3 rings (SSSR count). The van der Waals surface area contributed by atoms with Gasteiger partial charge in [-0.25, -0.2) is 4.98 Å². The maximum Gasteiger partial charge on any atom is 0.140 e. The van der Waals surface area contributed by atoms with Crippen LogP contribution in [0.3, 0.4) is 0 Å². The first kappa shape index (κ1) is 11.9. The van der Waals surface area contributed by atoms with Crippen LogP contribution in [0.25, 0.3) is 22.4 Å². The minimum Gasteiger partial charge on any atom is -0.327 e. The van der Waals surface area contributed by atoms with E-state index in [1.807, 2.05) is 54.1 Å². The van der Waals surface area contributed by atoms with Gasteiger partial charge in [-0.2, -0.15) is 5.26 Å². The molecule has 0 atom stereocenters. The van der Waals surface area contributed by atoms with Crippen molar-refractivity contribution in [1.82, 2.24) is 9.55 Å². The van der Waals surface area contributed by atoms with E-state index in [1.165, 1.54) is 0 Å². The van der Waals surface area contributed by atoms with Crippen LogP contribution in [0.4, 0.5) is 0 Å². The van der Waals surface area contributed by atoms with E-state index in [-0.39, 0.29) is 0 Å². The summed E-state index contributed by atoms with van der Waals surface area (Å²) >= 11 is 3.43. The van der Waals surface area contributed by atoms with Crippen LogP contribution in [0.1, 0.15) is 5.56 Å². The Kier molecular flexibility index (Phi) is 2.84. The summed E-state index contributed by atoms with van der Waals surface area (Å²) < 4.78 is 3.08. The second-order valence-corrected chi connectivity index (χ2v) is 5.23. The van der Waals surface area contributed by atoms with E-state index < -0.39 is 0 Å². The molecule has 0 bridgehead atoms. The zero-order valence-electron chi connectivity index (χ0n) is 10.3. The van der Waals surface area contributed by atoms with Crippen LogP contribution in [-0.4, -0.2) is 9.55 Å². The molecular formula is C15H10BrN3. The fourth-order valence-electron chi connectivity index (χ4n) is 2.13. The minimum absolute atomic E-state index is 0.632. The number of rotatable bonds is 1. The monoisotopic (exact) mass is 311 g/mol. The first-order valence-corrected chi connectivity index (χ1v) is 6.61. The van der Waals surface area contributed by atoms with E-state index in [4.69, 9.17) is 5.26 Å². The fraction of sp³-hybridized carbons (Fsp3) is 0.0667. The Morgan fingerprint density at radius 3 is 2.58 bits per heavy atom. The third-order valence-corrected chi connectivity index (χ3v) is 3.64. The van der Waals surface area contributed by atoms with Gasteiger partial charge < -0.3 is 4.57 Å². The van der Waals surface area contributed by atoms with Gasteiger partial charge in [0, 0.05) is 17.1 Å². The molecule has 0 N–H and O–H groups in total. The van der Waals surface area contributed by atoms with E-state index >= 15 is 0 Å². The van der Waals surface area contributed by atoms with E-state index in [0.29, 0.717) is 5.56 Å². The van der Waals surface area contributed by atoms with Gasteiger partial charge in [0.15, 0.2) is 0 Å². The van der Waals surface area contributed by atoms with Crippen molar-refractivity contribution < 1.29 is 0 Å². The van der Waals surface area contributed by atoms with Crippen molar-refractivity contribution in [3.05, 3.63) is 52.5 Å². The standard InChI is InChI=1S/C15H10BrN3/c1-19-14-7-2-10(9-17)8-13(14)18-15(19)11-3-5-12(16)6-4-11/h2-8H,1H3. The second kappa shape index (κ2) is 4.52. The highest BCUT2D eigenvalue weighted by molar-refractivity contribution is 9.10. The second-order valence-electron chi connectivity index (χ2n) is 4.32. The lowest BCUT2D eigenvalue weighted by molar-refractivity contribution is 0.959. The molecule has 0 saturated carbocycles. The molecule has 4 heteroatoms. The van der Waals surface area contributed by atoms with Crippen molar-refractivity contribution in [2.75, 3.05) is 0 Å². The minimum atomic E-state index is 0.632. The molecule has 1 heterocycles. The zero-order valence-corrected chi connectivity index (χ0v) is 11.8. The number of hydrogen-bond donors (Lipinski definition) is 0. The lowest BCUT2D eigenvalue weighted by Gasteiger charge is -2.02. The van der Waals surface area contributed by atoms with Gasteiger partial charge in [0.05, 0.1) is 22.7 Å². The van der Waals surface area contributed by atoms with Crippen molar-refractivity contribution in [2.24, 2.45) is 7.05 Å². The first-order valence-electron chi connectivity index (χ1n) is 5.81. The van der Waals surface area contributed by atoms with Crippen LogP contribution in [0.2, 0.25) is 0 Å². The van der Waals surface area contributed by atoms with Gasteiger partial charge in [0.25, 0.3) is 0 Å². The van der Waals surface area contributed by atoms with Crippen molar-refractivity contribution in [2.45, 2.75) is 0 Å². The molecule has 0 saturated heterocycles. The highest BCUT2D eigenvalue weighted by atomic mass is 79.9. The number of fused-ring (bicyclic) bond motifs is 1. The van der Waals surface area contributed by atoms with Gasteiger partial charge in [0.1, 0.15) is 5.82 Å². The third kappa shape index (κ3) is 2.02. The predicted molar refractivity (Wildman–Crippen MR) is 78.6 cm³/mol. The van der Waals surface area contributed by atoms with Crippen molar-refractivity contribution in [1.29, 1.82) is 5.26 Å². The third-order valence-electron chi connectivity index (χ3n) is 3.11. The summed E-state index contributed by atoms with van der Waals surface area (Å²) in [4.78, 5) is 4.62. The Balaban J connectivity index is 2.22. The maximum atomic E-state index is 8.93. The number of hydrogen-bond acceptors (Lipinski definition) is 2. The lowest BCUT2D eigenvalue weighted by atomic mass is 10.2. The number of imidazole rings is 1. The molecule has 3 aromatic rings.